The lowest BCUT2D eigenvalue weighted by molar-refractivity contribution is -0.130. The molecule has 0 saturated heterocycles. The molecule has 0 saturated carbocycles. The molecule has 0 unspecified atom stereocenters. The first kappa shape index (κ1) is 13.2. The van der Waals surface area contributed by atoms with Crippen LogP contribution in [0.25, 0.3) is 0 Å². The van der Waals surface area contributed by atoms with Crippen LogP contribution in [0.3, 0.4) is 0 Å². The summed E-state index contributed by atoms with van der Waals surface area (Å²) in [6.07, 6.45) is 2.12. The third kappa shape index (κ3) is 2.32. The van der Waals surface area contributed by atoms with Crippen LogP contribution in [-0.4, -0.2) is 22.4 Å². The Kier molecular flexibility index (Phi) is 3.29. The number of rotatable bonds is 3. The van der Waals surface area contributed by atoms with Gasteiger partial charge in [-0.05, 0) is 36.4 Å². The molecule has 1 aliphatic rings. The second-order valence-electron chi connectivity index (χ2n) is 3.82. The zero-order valence-corrected chi connectivity index (χ0v) is 10.5. The highest BCUT2D eigenvalue weighted by atomic mass is 35.5. The first-order valence-corrected chi connectivity index (χ1v) is 6.26. The predicted octanol–water partition coefficient (Wildman–Crippen LogP) is 2.71. The molecule has 1 amide bonds. The highest BCUT2D eigenvalue weighted by Crippen LogP contribution is 2.39. The number of carbonyl (C=O) groups excluding carboxylic acids is 1. The predicted molar refractivity (Wildman–Crippen MR) is 62.7 cm³/mol. The Bertz CT molecular complexity index is 524. The number of carbonyl (C=O) groups is 2. The van der Waals surface area contributed by atoms with Gasteiger partial charge >= 0.3 is 17.3 Å². The number of carboxylic acids is 1. The number of halogens is 3. The van der Waals surface area contributed by atoms with Gasteiger partial charge < -0.3 is 10.4 Å². The summed E-state index contributed by atoms with van der Waals surface area (Å²) in [4.78, 5) is 23.0. The number of thiophene rings is 1. The van der Waals surface area contributed by atoms with Crippen molar-refractivity contribution in [2.45, 2.75) is 24.6 Å². The van der Waals surface area contributed by atoms with E-state index in [-0.39, 0.29) is 10.6 Å². The number of aromatic carboxylic acids is 1. The van der Waals surface area contributed by atoms with Crippen molar-refractivity contribution in [1.29, 1.82) is 0 Å². The number of aryl methyl sites for hydroxylation is 1. The molecule has 2 N–H and O–H groups in total. The van der Waals surface area contributed by atoms with Gasteiger partial charge in [0.1, 0.15) is 5.00 Å². The number of amides is 1. The Morgan fingerprint density at radius 3 is 2.61 bits per heavy atom. The topological polar surface area (TPSA) is 66.4 Å². The maximum absolute atomic E-state index is 12.5. The molecule has 1 aliphatic carbocycles. The van der Waals surface area contributed by atoms with Crippen LogP contribution in [0.4, 0.5) is 13.8 Å². The number of anilines is 1. The summed E-state index contributed by atoms with van der Waals surface area (Å²) in [5.74, 6) is -2.95. The maximum atomic E-state index is 12.5. The molecule has 0 aromatic carbocycles. The van der Waals surface area contributed by atoms with Crippen molar-refractivity contribution in [3.63, 3.8) is 0 Å². The Balaban J connectivity index is 2.35. The van der Waals surface area contributed by atoms with Crippen molar-refractivity contribution in [2.24, 2.45) is 0 Å². The highest BCUT2D eigenvalue weighted by molar-refractivity contribution is 7.17. The van der Waals surface area contributed by atoms with Gasteiger partial charge in [0.15, 0.2) is 0 Å². The van der Waals surface area contributed by atoms with Crippen LogP contribution in [0.1, 0.15) is 27.2 Å². The molecule has 8 heteroatoms. The van der Waals surface area contributed by atoms with E-state index in [2.05, 4.69) is 11.6 Å². The largest absolute Gasteiger partial charge is 0.478 e. The van der Waals surface area contributed by atoms with Crippen molar-refractivity contribution >= 4 is 39.8 Å². The molecule has 0 atom stereocenters. The van der Waals surface area contributed by atoms with Gasteiger partial charge in [0.05, 0.1) is 5.56 Å². The first-order chi connectivity index (χ1) is 8.30. The molecule has 0 radical (unpaired) electrons. The summed E-state index contributed by atoms with van der Waals surface area (Å²) in [5.41, 5.74) is 0.530. The summed E-state index contributed by atoms with van der Waals surface area (Å²) in [6.45, 7) is 0. The standard InChI is InChI=1S/C10H8ClF2NO3S/c11-10(12,13)9(17)14-7-6(8(15)16)4-2-1-3-5(4)18-7/h1-3H2,(H,14,17)(H,15,16). The molecule has 0 aliphatic heterocycles. The molecule has 1 aromatic rings. The molecule has 18 heavy (non-hydrogen) atoms. The van der Waals surface area contributed by atoms with Gasteiger partial charge in [-0.3, -0.25) is 4.79 Å². The number of carboxylic acid groups (broad SMARTS) is 1. The molecule has 1 aromatic heterocycles. The number of nitrogens with one attached hydrogen (secondary N) is 1. The van der Waals surface area contributed by atoms with E-state index < -0.39 is 17.3 Å². The minimum Gasteiger partial charge on any atom is -0.478 e. The van der Waals surface area contributed by atoms with Crippen LogP contribution in [0, 0.1) is 0 Å². The molecule has 4 nitrogen and oxygen atoms in total. The van der Waals surface area contributed by atoms with E-state index >= 15 is 0 Å². The van der Waals surface area contributed by atoms with Crippen molar-refractivity contribution < 1.29 is 23.5 Å². The summed E-state index contributed by atoms with van der Waals surface area (Å²) in [7, 11) is 0. The third-order valence-corrected chi connectivity index (χ3v) is 4.00. The molecule has 0 fully saturated rings. The van der Waals surface area contributed by atoms with Gasteiger partial charge in [-0.1, -0.05) is 0 Å². The van der Waals surface area contributed by atoms with Crippen LogP contribution >= 0.6 is 22.9 Å². The SMILES string of the molecule is O=C(O)c1c(NC(=O)C(F)(F)Cl)sc2c1CCC2. The third-order valence-electron chi connectivity index (χ3n) is 2.62. The van der Waals surface area contributed by atoms with Crippen molar-refractivity contribution in [3.8, 4) is 0 Å². The molecule has 1 heterocycles. The normalized spacial score (nSPS) is 14.4. The fourth-order valence-electron chi connectivity index (χ4n) is 1.89. The van der Waals surface area contributed by atoms with Gasteiger partial charge in [0, 0.05) is 4.88 Å². The quantitative estimate of drug-likeness (QED) is 0.843. The smallest absolute Gasteiger partial charge is 0.400 e. The Labute approximate surface area is 110 Å². The minimum absolute atomic E-state index is 0.0717. The second-order valence-corrected chi connectivity index (χ2v) is 5.40. The van der Waals surface area contributed by atoms with Crippen LogP contribution in [0.2, 0.25) is 0 Å². The fraction of sp³-hybridized carbons (Fsp3) is 0.400. The van der Waals surface area contributed by atoms with Gasteiger partial charge in [-0.25, -0.2) is 4.79 Å². The van der Waals surface area contributed by atoms with E-state index in [1.165, 1.54) is 0 Å². The van der Waals surface area contributed by atoms with Gasteiger partial charge in [0.2, 0.25) is 0 Å². The highest BCUT2D eigenvalue weighted by Gasteiger charge is 2.37. The molecular formula is C10H8ClF2NO3S. The van der Waals surface area contributed by atoms with E-state index in [9.17, 15) is 18.4 Å². The molecule has 2 rings (SSSR count). The first-order valence-electron chi connectivity index (χ1n) is 5.06. The van der Waals surface area contributed by atoms with Gasteiger partial charge in [-0.15, -0.1) is 11.3 Å². The zero-order chi connectivity index (χ0) is 13.5. The van der Waals surface area contributed by atoms with E-state index in [1.807, 2.05) is 5.32 Å². The average molecular weight is 296 g/mol. The lowest BCUT2D eigenvalue weighted by Crippen LogP contribution is -2.29. The van der Waals surface area contributed by atoms with E-state index in [1.54, 1.807) is 0 Å². The summed E-state index contributed by atoms with van der Waals surface area (Å²) in [5, 5.41) is 6.82. The zero-order valence-electron chi connectivity index (χ0n) is 8.93. The number of alkyl halides is 3. The van der Waals surface area contributed by atoms with E-state index in [4.69, 9.17) is 5.11 Å². The minimum atomic E-state index is -4.05. The van der Waals surface area contributed by atoms with Crippen LogP contribution in [0.5, 0.6) is 0 Å². The summed E-state index contributed by atoms with van der Waals surface area (Å²) >= 11 is 5.59. The van der Waals surface area contributed by atoms with E-state index in [0.717, 1.165) is 22.6 Å². The fourth-order valence-corrected chi connectivity index (χ4v) is 3.22. The number of fused-ring (bicyclic) bond motifs is 1. The van der Waals surface area contributed by atoms with Crippen molar-refractivity contribution in [3.05, 3.63) is 16.0 Å². The van der Waals surface area contributed by atoms with E-state index in [0.29, 0.717) is 18.4 Å². The lowest BCUT2D eigenvalue weighted by Gasteiger charge is -2.08. The molecule has 0 spiro atoms. The molecule has 98 valence electrons. The summed E-state index contributed by atoms with van der Waals surface area (Å²) in [6, 6.07) is 0. The number of hydrogen-bond donors (Lipinski definition) is 2. The average Bonchev–Trinajstić information content (AvgIpc) is 2.74. The van der Waals surface area contributed by atoms with Crippen molar-refractivity contribution in [1.82, 2.24) is 0 Å². The van der Waals surface area contributed by atoms with Crippen molar-refractivity contribution in [2.75, 3.05) is 5.32 Å². The summed E-state index contributed by atoms with van der Waals surface area (Å²) < 4.78 is 25.1. The van der Waals surface area contributed by atoms with Crippen LogP contribution < -0.4 is 5.32 Å². The number of hydrogen-bond acceptors (Lipinski definition) is 3. The Morgan fingerprint density at radius 1 is 1.39 bits per heavy atom. The van der Waals surface area contributed by atoms with Crippen LogP contribution in [-0.2, 0) is 17.6 Å². The van der Waals surface area contributed by atoms with Gasteiger partial charge in [-0.2, -0.15) is 8.78 Å². The second kappa shape index (κ2) is 4.47. The lowest BCUT2D eigenvalue weighted by atomic mass is 10.1. The monoisotopic (exact) mass is 295 g/mol. The molecule has 0 bridgehead atoms. The maximum Gasteiger partial charge on any atom is 0.400 e. The van der Waals surface area contributed by atoms with Gasteiger partial charge in [0.25, 0.3) is 0 Å². The molecular weight excluding hydrogens is 288 g/mol. The Hall–Kier alpha value is -1.21. The van der Waals surface area contributed by atoms with Crippen LogP contribution in [0.15, 0.2) is 0 Å². The Morgan fingerprint density at radius 2 is 2.06 bits per heavy atom.